The van der Waals surface area contributed by atoms with Crippen LogP contribution in [0.15, 0.2) is 60.7 Å². The van der Waals surface area contributed by atoms with Gasteiger partial charge in [0.15, 0.2) is 7.14 Å². The summed E-state index contributed by atoms with van der Waals surface area (Å²) in [4.78, 5) is 15.1. The highest BCUT2D eigenvalue weighted by atomic mass is 31.2. The fraction of sp³-hybridized carbons (Fsp3) is 0.350. The van der Waals surface area contributed by atoms with Crippen molar-refractivity contribution in [2.45, 2.75) is 31.8 Å². The van der Waals surface area contributed by atoms with Gasteiger partial charge in [0.1, 0.15) is 5.16 Å². The lowest BCUT2D eigenvalue weighted by Gasteiger charge is -2.32. The Labute approximate surface area is 144 Å². The average Bonchev–Trinajstić information content (AvgIpc) is 3.46. The summed E-state index contributed by atoms with van der Waals surface area (Å²) in [5.41, 5.74) is 0. The molecular weight excluding hydrogens is 317 g/mol. The highest BCUT2D eigenvalue weighted by Crippen LogP contribution is 2.68. The van der Waals surface area contributed by atoms with Crippen molar-refractivity contribution >= 4 is 23.7 Å². The highest BCUT2D eigenvalue weighted by Gasteiger charge is 2.64. The molecule has 1 saturated carbocycles. The predicted octanol–water partition coefficient (Wildman–Crippen LogP) is 3.40. The van der Waals surface area contributed by atoms with Crippen molar-refractivity contribution in [3.63, 3.8) is 0 Å². The second-order valence-corrected chi connectivity index (χ2v) is 9.40. The Balaban J connectivity index is 2.17. The van der Waals surface area contributed by atoms with Gasteiger partial charge in [0.2, 0.25) is 5.91 Å². The molecule has 3 nitrogen and oxygen atoms in total. The van der Waals surface area contributed by atoms with Gasteiger partial charge in [-0.15, -0.1) is 0 Å². The van der Waals surface area contributed by atoms with Crippen molar-refractivity contribution in [2.24, 2.45) is 0 Å². The van der Waals surface area contributed by atoms with Gasteiger partial charge in [-0.3, -0.25) is 4.79 Å². The van der Waals surface area contributed by atoms with Gasteiger partial charge in [0.05, 0.1) is 0 Å². The molecule has 0 N–H and O–H groups in total. The molecule has 0 saturated heterocycles. The zero-order valence-electron chi connectivity index (χ0n) is 14.3. The van der Waals surface area contributed by atoms with Gasteiger partial charge in [0, 0.05) is 23.7 Å². The third-order valence-electron chi connectivity index (χ3n) is 5.01. The zero-order valence-corrected chi connectivity index (χ0v) is 15.2. The number of hydrogen-bond donors (Lipinski definition) is 0. The standard InChI is InChI=1S/C20H24NO2P/c1-3-21(4-2)19(22)20(15-16-20)24(23,17-11-7-5-8-12-17)18-13-9-6-10-14-18/h5-14H,3-4,15-16H2,1-2H3. The summed E-state index contributed by atoms with van der Waals surface area (Å²) < 4.78 is 14.4. The minimum Gasteiger partial charge on any atom is -0.342 e. The molecule has 3 rings (SSSR count). The van der Waals surface area contributed by atoms with Crippen LogP contribution >= 0.6 is 7.14 Å². The normalized spacial score (nSPS) is 15.8. The molecule has 0 heterocycles. The Morgan fingerprint density at radius 1 is 0.917 bits per heavy atom. The average molecular weight is 341 g/mol. The molecule has 0 spiro atoms. The quantitative estimate of drug-likeness (QED) is 0.755. The summed E-state index contributed by atoms with van der Waals surface area (Å²) in [6, 6.07) is 19.1. The van der Waals surface area contributed by atoms with Gasteiger partial charge < -0.3 is 9.46 Å². The Morgan fingerprint density at radius 2 is 1.33 bits per heavy atom. The Bertz CT molecular complexity index is 706. The monoisotopic (exact) mass is 341 g/mol. The molecule has 4 heteroatoms. The van der Waals surface area contributed by atoms with Crippen LogP contribution in [-0.2, 0) is 9.36 Å². The van der Waals surface area contributed by atoms with Crippen LogP contribution in [0.3, 0.4) is 0 Å². The van der Waals surface area contributed by atoms with Gasteiger partial charge in [-0.25, -0.2) is 0 Å². The summed E-state index contributed by atoms with van der Waals surface area (Å²) in [6.07, 6.45) is 1.40. The number of carbonyl (C=O) groups excluding carboxylic acids is 1. The van der Waals surface area contributed by atoms with Crippen molar-refractivity contribution in [3.05, 3.63) is 60.7 Å². The van der Waals surface area contributed by atoms with E-state index in [1.807, 2.05) is 79.4 Å². The molecule has 1 fully saturated rings. The molecule has 0 unspecified atom stereocenters. The van der Waals surface area contributed by atoms with Crippen molar-refractivity contribution in [1.82, 2.24) is 4.90 Å². The van der Waals surface area contributed by atoms with Crippen LogP contribution < -0.4 is 10.6 Å². The van der Waals surface area contributed by atoms with E-state index in [2.05, 4.69) is 0 Å². The third kappa shape index (κ3) is 2.52. The summed E-state index contributed by atoms with van der Waals surface area (Å²) in [5, 5.41) is 0.810. The van der Waals surface area contributed by atoms with Crippen molar-refractivity contribution in [3.8, 4) is 0 Å². The minimum absolute atomic E-state index is 0.0449. The largest absolute Gasteiger partial charge is 0.342 e. The summed E-state index contributed by atoms with van der Waals surface area (Å²) in [6.45, 7) is 5.27. The van der Waals surface area contributed by atoms with E-state index in [4.69, 9.17) is 0 Å². The molecule has 24 heavy (non-hydrogen) atoms. The molecule has 126 valence electrons. The van der Waals surface area contributed by atoms with E-state index in [0.717, 1.165) is 10.6 Å². The molecule has 1 aliphatic rings. The third-order valence-corrected chi connectivity index (χ3v) is 8.91. The molecular formula is C20H24NO2P. The number of hydrogen-bond acceptors (Lipinski definition) is 2. The Hall–Kier alpha value is -1.86. The summed E-state index contributed by atoms with van der Waals surface area (Å²) in [7, 11) is -3.04. The lowest BCUT2D eigenvalue weighted by atomic mass is 10.3. The van der Waals surface area contributed by atoms with E-state index in [1.165, 1.54) is 0 Å². The second-order valence-electron chi connectivity index (χ2n) is 6.29. The maximum atomic E-state index is 14.4. The van der Waals surface area contributed by atoms with Crippen molar-refractivity contribution in [1.29, 1.82) is 0 Å². The summed E-state index contributed by atoms with van der Waals surface area (Å²) >= 11 is 0. The number of carbonyl (C=O) groups is 1. The molecule has 0 bridgehead atoms. The first-order chi connectivity index (χ1) is 11.6. The van der Waals surface area contributed by atoms with Crippen LogP contribution in [-0.4, -0.2) is 29.1 Å². The van der Waals surface area contributed by atoms with Gasteiger partial charge in [-0.2, -0.15) is 0 Å². The van der Waals surface area contributed by atoms with Crippen molar-refractivity contribution in [2.75, 3.05) is 13.1 Å². The van der Waals surface area contributed by atoms with E-state index < -0.39 is 12.3 Å². The fourth-order valence-corrected chi connectivity index (χ4v) is 7.13. The first-order valence-electron chi connectivity index (χ1n) is 8.61. The van der Waals surface area contributed by atoms with Gasteiger partial charge in [0.25, 0.3) is 0 Å². The van der Waals surface area contributed by atoms with Gasteiger partial charge in [-0.05, 0) is 26.7 Å². The smallest absolute Gasteiger partial charge is 0.236 e. The molecule has 0 aromatic heterocycles. The molecule has 1 amide bonds. The van der Waals surface area contributed by atoms with E-state index in [9.17, 15) is 9.36 Å². The maximum absolute atomic E-state index is 14.4. The van der Waals surface area contributed by atoms with Gasteiger partial charge in [-0.1, -0.05) is 60.7 Å². The Morgan fingerprint density at radius 3 is 1.67 bits per heavy atom. The lowest BCUT2D eigenvalue weighted by Crippen LogP contribution is -2.44. The van der Waals surface area contributed by atoms with Crippen LogP contribution in [0.25, 0.3) is 0 Å². The number of amides is 1. The summed E-state index contributed by atoms with van der Waals surface area (Å²) in [5.74, 6) is 0.0449. The van der Waals surface area contributed by atoms with Crippen molar-refractivity contribution < 1.29 is 9.36 Å². The van der Waals surface area contributed by atoms with Crippen LogP contribution in [0.1, 0.15) is 26.7 Å². The number of nitrogens with zero attached hydrogens (tertiary/aromatic N) is 1. The number of rotatable bonds is 6. The molecule has 2 aromatic rings. The first kappa shape index (κ1) is 17.0. The molecule has 1 aliphatic carbocycles. The van der Waals surface area contributed by atoms with Crippen LogP contribution in [0.2, 0.25) is 0 Å². The lowest BCUT2D eigenvalue weighted by molar-refractivity contribution is -0.131. The number of benzene rings is 2. The van der Waals surface area contributed by atoms with E-state index >= 15 is 0 Å². The van der Waals surface area contributed by atoms with E-state index in [-0.39, 0.29) is 5.91 Å². The van der Waals surface area contributed by atoms with Crippen LogP contribution in [0.4, 0.5) is 0 Å². The topological polar surface area (TPSA) is 37.4 Å². The van der Waals surface area contributed by atoms with Gasteiger partial charge >= 0.3 is 0 Å². The molecule has 0 radical (unpaired) electrons. The fourth-order valence-electron chi connectivity index (χ4n) is 3.51. The maximum Gasteiger partial charge on any atom is 0.236 e. The predicted molar refractivity (Wildman–Crippen MR) is 99.7 cm³/mol. The van der Waals surface area contributed by atoms with E-state index in [0.29, 0.717) is 25.9 Å². The second kappa shape index (κ2) is 6.57. The SMILES string of the molecule is CCN(CC)C(=O)C1(P(=O)(c2ccccc2)c2ccccc2)CC1. The molecule has 0 aliphatic heterocycles. The Kier molecular flexibility index (Phi) is 4.64. The minimum atomic E-state index is -3.04. The molecule has 2 aromatic carbocycles. The first-order valence-corrected chi connectivity index (χ1v) is 10.3. The zero-order chi connectivity index (χ0) is 17.2. The van der Waals surface area contributed by atoms with E-state index in [1.54, 1.807) is 0 Å². The highest BCUT2D eigenvalue weighted by molar-refractivity contribution is 7.81. The van der Waals surface area contributed by atoms with Crippen LogP contribution in [0, 0.1) is 0 Å². The molecule has 0 atom stereocenters. The van der Waals surface area contributed by atoms with Crippen LogP contribution in [0.5, 0.6) is 0 Å².